The first-order valence-corrected chi connectivity index (χ1v) is 12.7. The Bertz CT molecular complexity index is 1410. The zero-order valence-electron chi connectivity index (χ0n) is 18.2. The fourth-order valence-electron chi connectivity index (χ4n) is 2.64. The molecule has 35 heavy (non-hydrogen) atoms. The first kappa shape index (κ1) is 27.5. The van der Waals surface area contributed by atoms with E-state index in [2.05, 4.69) is 0 Å². The zero-order valence-corrected chi connectivity index (χ0v) is 19.8. The minimum Gasteiger partial charge on any atom is -0.282 e. The molecule has 3 aromatic carbocycles. The van der Waals surface area contributed by atoms with E-state index >= 15 is 0 Å². The molecular weight excluding hydrogens is 504 g/mol. The largest absolute Gasteiger partial charge is 0.294 e. The van der Waals surface area contributed by atoms with Crippen LogP contribution in [0.5, 0.6) is 0 Å². The molecule has 0 bridgehead atoms. The summed E-state index contributed by atoms with van der Waals surface area (Å²) in [5.41, 5.74) is 0.368. The van der Waals surface area contributed by atoms with Crippen LogP contribution in [0.15, 0.2) is 77.7 Å². The highest BCUT2D eigenvalue weighted by molar-refractivity contribution is 7.86. The normalized spacial score (nSPS) is 11.3. The number of hydrogen-bond acceptors (Lipinski definition) is 9. The molecule has 0 amide bonds. The maximum absolute atomic E-state index is 11.9. The van der Waals surface area contributed by atoms with Crippen molar-refractivity contribution in [3.63, 3.8) is 0 Å². The van der Waals surface area contributed by atoms with Gasteiger partial charge in [-0.1, -0.05) is 48.0 Å². The Morgan fingerprint density at radius 3 is 1.97 bits per heavy atom. The highest BCUT2D eigenvalue weighted by Gasteiger charge is 2.21. The number of benzene rings is 3. The third-order valence-corrected chi connectivity index (χ3v) is 6.41. The molecule has 0 saturated heterocycles. The third kappa shape index (κ3) is 8.86. The van der Waals surface area contributed by atoms with Crippen LogP contribution in [0, 0.1) is 27.2 Å². The second kappa shape index (κ2) is 11.6. The number of aryl methyl sites for hydroxylation is 1. The van der Waals surface area contributed by atoms with Crippen LogP contribution in [0.1, 0.15) is 16.7 Å². The Morgan fingerprint density at radius 2 is 1.46 bits per heavy atom. The molecule has 14 heteroatoms. The maximum atomic E-state index is 11.9. The van der Waals surface area contributed by atoms with Gasteiger partial charge in [-0.2, -0.15) is 16.8 Å². The fraction of sp³-hybridized carbons (Fsp3) is 0.143. The van der Waals surface area contributed by atoms with E-state index in [1.54, 1.807) is 42.5 Å². The van der Waals surface area contributed by atoms with Crippen LogP contribution in [-0.2, 0) is 36.8 Å². The summed E-state index contributed by atoms with van der Waals surface area (Å²) < 4.78 is 58.2. The van der Waals surface area contributed by atoms with Gasteiger partial charge in [0.05, 0.1) is 33.0 Å². The molecule has 12 nitrogen and oxygen atoms in total. The predicted molar refractivity (Wildman–Crippen MR) is 125 cm³/mol. The quantitative estimate of drug-likeness (QED) is 0.197. The van der Waals surface area contributed by atoms with Gasteiger partial charge in [0.2, 0.25) is 0 Å². The summed E-state index contributed by atoms with van der Waals surface area (Å²) in [7, 11) is -7.98. The summed E-state index contributed by atoms with van der Waals surface area (Å²) in [6.07, 6.45) is 0. The van der Waals surface area contributed by atoms with Crippen molar-refractivity contribution in [2.24, 2.45) is 0 Å². The monoisotopic (exact) mass is 524 g/mol. The molecule has 1 N–H and O–H groups in total. The highest BCUT2D eigenvalue weighted by atomic mass is 32.2. The third-order valence-electron chi connectivity index (χ3n) is 4.38. The van der Waals surface area contributed by atoms with Gasteiger partial charge in [-0.15, -0.1) is 0 Å². The van der Waals surface area contributed by atoms with Crippen LogP contribution >= 0.6 is 0 Å². The molecule has 0 saturated carbocycles. The van der Waals surface area contributed by atoms with E-state index in [9.17, 15) is 37.1 Å². The number of rotatable bonds is 8. The predicted octanol–water partition coefficient (Wildman–Crippen LogP) is 3.79. The van der Waals surface area contributed by atoms with Crippen molar-refractivity contribution in [2.75, 3.05) is 0 Å². The molecule has 0 radical (unpaired) electrons. The Kier molecular flexibility index (Phi) is 9.13. The van der Waals surface area contributed by atoms with E-state index in [4.69, 9.17) is 8.74 Å². The number of hydrogen-bond donors (Lipinski definition) is 1. The van der Waals surface area contributed by atoms with Crippen LogP contribution in [0.3, 0.4) is 0 Å². The minimum atomic E-state index is -4.02. The number of nitro benzene ring substituents is 2. The Hall–Kier alpha value is -3.72. The average molecular weight is 525 g/mol. The van der Waals surface area contributed by atoms with Gasteiger partial charge in [-0.3, -0.25) is 29.0 Å². The van der Waals surface area contributed by atoms with Gasteiger partial charge in [0.15, 0.2) is 0 Å². The van der Waals surface area contributed by atoms with Crippen molar-refractivity contribution in [1.29, 1.82) is 0 Å². The van der Waals surface area contributed by atoms with Crippen LogP contribution < -0.4 is 0 Å². The van der Waals surface area contributed by atoms with Crippen LogP contribution in [0.4, 0.5) is 11.4 Å². The molecule has 0 heterocycles. The van der Waals surface area contributed by atoms with Gasteiger partial charge in [-0.05, 0) is 30.7 Å². The van der Waals surface area contributed by atoms with Crippen LogP contribution in [0.25, 0.3) is 0 Å². The molecule has 0 aliphatic carbocycles. The van der Waals surface area contributed by atoms with Crippen molar-refractivity contribution < 1.29 is 35.4 Å². The lowest BCUT2D eigenvalue weighted by Crippen LogP contribution is -2.10. The lowest BCUT2D eigenvalue weighted by Gasteiger charge is -2.06. The summed E-state index contributed by atoms with van der Waals surface area (Å²) in [6.45, 7) is 1.26. The molecule has 0 aliphatic heterocycles. The second-order valence-electron chi connectivity index (χ2n) is 7.07. The number of nitrogens with zero attached hydrogens (tertiary/aromatic N) is 2. The molecule has 0 fully saturated rings. The SMILES string of the molecule is Cc1ccc(S(=O)(=O)O)cc1.O=[N+]([O-])c1ccc(COS(=O)(=O)Cc2ccccc2)c([N+](=O)[O-])c1. The second-order valence-corrected chi connectivity index (χ2v) is 10.1. The van der Waals surface area contributed by atoms with Gasteiger partial charge >= 0.3 is 0 Å². The fourth-order valence-corrected chi connectivity index (χ4v) is 4.11. The lowest BCUT2D eigenvalue weighted by atomic mass is 10.2. The summed E-state index contributed by atoms with van der Waals surface area (Å²) in [5.74, 6) is -0.380. The number of non-ortho nitro benzene ring substituents is 1. The van der Waals surface area contributed by atoms with E-state index in [0.29, 0.717) is 5.56 Å². The van der Waals surface area contributed by atoms with E-state index in [-0.39, 0.29) is 16.2 Å². The smallest absolute Gasteiger partial charge is 0.282 e. The summed E-state index contributed by atoms with van der Waals surface area (Å²) >= 11 is 0. The van der Waals surface area contributed by atoms with E-state index in [1.165, 1.54) is 12.1 Å². The van der Waals surface area contributed by atoms with Crippen molar-refractivity contribution in [1.82, 2.24) is 0 Å². The first-order valence-electron chi connectivity index (χ1n) is 9.65. The summed E-state index contributed by atoms with van der Waals surface area (Å²) in [5, 5.41) is 21.7. The molecule has 0 spiro atoms. The molecule has 0 aliphatic rings. The molecule has 0 atom stereocenters. The van der Waals surface area contributed by atoms with Gasteiger partial charge in [0.1, 0.15) is 5.75 Å². The molecule has 0 aromatic heterocycles. The average Bonchev–Trinajstić information content (AvgIpc) is 2.78. The standard InChI is InChI=1S/C14H12N2O7S.C7H8O3S/c17-15(18)13-7-6-12(14(8-13)16(19)20)9-23-24(21,22)10-11-4-2-1-3-5-11;1-6-2-4-7(5-3-6)11(8,9)10/h1-8H,9-10H2;2-5H,1H3,(H,8,9,10). The molecule has 186 valence electrons. The van der Waals surface area contributed by atoms with Crippen LogP contribution in [0.2, 0.25) is 0 Å². The highest BCUT2D eigenvalue weighted by Crippen LogP contribution is 2.26. The van der Waals surface area contributed by atoms with E-state index in [1.807, 2.05) is 6.92 Å². The Labute approximate surface area is 201 Å². The molecular formula is C21H20N2O10S2. The van der Waals surface area contributed by atoms with E-state index in [0.717, 1.165) is 23.8 Å². The molecule has 3 aromatic rings. The van der Waals surface area contributed by atoms with Crippen molar-refractivity contribution in [3.8, 4) is 0 Å². The van der Waals surface area contributed by atoms with Gasteiger partial charge in [0, 0.05) is 6.07 Å². The van der Waals surface area contributed by atoms with Gasteiger partial charge in [-0.25, -0.2) is 0 Å². The van der Waals surface area contributed by atoms with Crippen LogP contribution in [-0.4, -0.2) is 31.2 Å². The lowest BCUT2D eigenvalue weighted by molar-refractivity contribution is -0.394. The van der Waals surface area contributed by atoms with Crippen molar-refractivity contribution in [2.45, 2.75) is 24.2 Å². The molecule has 0 unspecified atom stereocenters. The summed E-state index contributed by atoms with van der Waals surface area (Å²) in [6, 6.07) is 17.2. The van der Waals surface area contributed by atoms with E-state index < -0.39 is 48.1 Å². The maximum Gasteiger partial charge on any atom is 0.294 e. The summed E-state index contributed by atoms with van der Waals surface area (Å²) in [4.78, 5) is 20.0. The van der Waals surface area contributed by atoms with Gasteiger partial charge in [0.25, 0.3) is 31.6 Å². The number of nitro groups is 2. The van der Waals surface area contributed by atoms with Crippen molar-refractivity contribution >= 4 is 31.6 Å². The minimum absolute atomic E-state index is 0.0666. The zero-order chi connectivity index (χ0) is 26.2. The Balaban J connectivity index is 0.000000328. The Morgan fingerprint density at radius 1 is 0.857 bits per heavy atom. The first-order chi connectivity index (χ1) is 16.3. The van der Waals surface area contributed by atoms with Crippen molar-refractivity contribution in [3.05, 3.63) is 110 Å². The topological polar surface area (TPSA) is 184 Å². The van der Waals surface area contributed by atoms with Gasteiger partial charge < -0.3 is 0 Å². The molecule has 3 rings (SSSR count).